The zero-order chi connectivity index (χ0) is 19.7. The lowest BCUT2D eigenvalue weighted by Gasteiger charge is -2.29. The summed E-state index contributed by atoms with van der Waals surface area (Å²) in [5.74, 6) is 0.911. The molecule has 2 nitrogen and oxygen atoms in total. The molecule has 0 aliphatic rings. The molecule has 0 aliphatic heterocycles. The second-order valence-corrected chi connectivity index (χ2v) is 9.20. The van der Waals surface area contributed by atoms with Gasteiger partial charge in [0.15, 0.2) is 0 Å². The van der Waals surface area contributed by atoms with Gasteiger partial charge < -0.3 is 10.2 Å². The van der Waals surface area contributed by atoms with Gasteiger partial charge in [0.2, 0.25) is 0 Å². The number of allylic oxidation sites excluding steroid dienone is 1. The number of hydrogen-bond donors (Lipinski definition) is 2. The number of rotatable bonds is 3. The molecule has 1 unspecified atom stereocenters. The molecule has 0 amide bonds. The second kappa shape index (κ2) is 7.19. The minimum atomic E-state index is -0.125. The summed E-state index contributed by atoms with van der Waals surface area (Å²) in [5, 5.41) is 20.3. The highest BCUT2D eigenvalue weighted by atomic mass is 16.3. The van der Waals surface area contributed by atoms with Gasteiger partial charge in [0.1, 0.15) is 11.5 Å². The zero-order valence-corrected chi connectivity index (χ0v) is 17.1. The standard InChI is InChI=1S/C24H32O2/c1-16(8-9-17-10-12-19(25)13-11-17)18-14-20(23(2,3)4)22(26)21(15-18)24(5,6)7/h8-16,25-26H,1-7H3/b9-8+. The molecular formula is C24H32O2. The molecule has 2 aromatic carbocycles. The lowest BCUT2D eigenvalue weighted by atomic mass is 9.77. The summed E-state index contributed by atoms with van der Waals surface area (Å²) in [5.41, 5.74) is 3.99. The van der Waals surface area contributed by atoms with E-state index in [1.807, 2.05) is 12.1 Å². The molecule has 2 N–H and O–H groups in total. The van der Waals surface area contributed by atoms with E-state index in [-0.39, 0.29) is 22.5 Å². The van der Waals surface area contributed by atoms with E-state index < -0.39 is 0 Å². The third-order valence-corrected chi connectivity index (χ3v) is 4.74. The monoisotopic (exact) mass is 352 g/mol. The van der Waals surface area contributed by atoms with E-state index in [1.165, 1.54) is 5.56 Å². The minimum absolute atomic E-state index is 0.125. The van der Waals surface area contributed by atoms with Crippen molar-refractivity contribution in [3.63, 3.8) is 0 Å². The third kappa shape index (κ3) is 4.69. The molecule has 0 heterocycles. The van der Waals surface area contributed by atoms with Gasteiger partial charge in [-0.1, -0.05) is 84.9 Å². The van der Waals surface area contributed by atoms with E-state index in [9.17, 15) is 10.2 Å². The Morgan fingerprint density at radius 3 is 1.69 bits per heavy atom. The highest BCUT2D eigenvalue weighted by Crippen LogP contribution is 2.41. The van der Waals surface area contributed by atoms with Gasteiger partial charge in [-0.2, -0.15) is 0 Å². The maximum atomic E-state index is 10.9. The normalized spacial score (nSPS) is 14.0. The fourth-order valence-corrected chi connectivity index (χ4v) is 3.02. The average molecular weight is 353 g/mol. The smallest absolute Gasteiger partial charge is 0.123 e. The van der Waals surface area contributed by atoms with Crippen molar-refractivity contribution in [2.24, 2.45) is 0 Å². The predicted molar refractivity (Wildman–Crippen MR) is 111 cm³/mol. The van der Waals surface area contributed by atoms with Crippen molar-refractivity contribution in [1.82, 2.24) is 0 Å². The summed E-state index contributed by atoms with van der Waals surface area (Å²) in [7, 11) is 0. The number of phenols is 2. The fourth-order valence-electron chi connectivity index (χ4n) is 3.02. The highest BCUT2D eigenvalue weighted by molar-refractivity contribution is 5.54. The number of phenolic OH excluding ortho intramolecular Hbond substituents is 2. The zero-order valence-electron chi connectivity index (χ0n) is 17.1. The van der Waals surface area contributed by atoms with Crippen LogP contribution >= 0.6 is 0 Å². The van der Waals surface area contributed by atoms with Gasteiger partial charge >= 0.3 is 0 Å². The van der Waals surface area contributed by atoms with E-state index >= 15 is 0 Å². The average Bonchev–Trinajstić information content (AvgIpc) is 2.52. The Hall–Kier alpha value is -2.22. The number of hydrogen-bond acceptors (Lipinski definition) is 2. The number of benzene rings is 2. The van der Waals surface area contributed by atoms with Crippen LogP contribution in [0.2, 0.25) is 0 Å². The molecule has 0 spiro atoms. The van der Waals surface area contributed by atoms with Crippen LogP contribution in [0, 0.1) is 0 Å². The Labute approximate surface area is 158 Å². The molecule has 0 aliphatic carbocycles. The van der Waals surface area contributed by atoms with Crippen molar-refractivity contribution < 1.29 is 10.2 Å². The Bertz CT molecular complexity index is 749. The van der Waals surface area contributed by atoms with Crippen LogP contribution in [-0.4, -0.2) is 10.2 Å². The first-order chi connectivity index (χ1) is 11.9. The van der Waals surface area contributed by atoms with Crippen LogP contribution in [0.3, 0.4) is 0 Å². The SMILES string of the molecule is CC(/C=C/c1ccc(O)cc1)c1cc(C(C)(C)C)c(O)c(C(C)(C)C)c1. The fraction of sp³-hybridized carbons (Fsp3) is 0.417. The summed E-state index contributed by atoms with van der Waals surface area (Å²) in [4.78, 5) is 0. The maximum absolute atomic E-state index is 10.9. The summed E-state index contributed by atoms with van der Waals surface area (Å²) in [6.07, 6.45) is 4.24. The van der Waals surface area contributed by atoms with E-state index in [4.69, 9.17) is 0 Å². The molecule has 140 valence electrons. The Morgan fingerprint density at radius 1 is 0.808 bits per heavy atom. The van der Waals surface area contributed by atoms with Gasteiger partial charge in [0.25, 0.3) is 0 Å². The van der Waals surface area contributed by atoms with Crippen molar-refractivity contribution in [3.8, 4) is 11.5 Å². The molecule has 1 atom stereocenters. The largest absolute Gasteiger partial charge is 0.508 e. The Balaban J connectivity index is 2.46. The van der Waals surface area contributed by atoms with E-state index in [2.05, 4.69) is 72.8 Å². The molecule has 2 rings (SSSR count). The molecule has 0 saturated heterocycles. The highest BCUT2D eigenvalue weighted by Gasteiger charge is 2.27. The topological polar surface area (TPSA) is 40.5 Å². The first-order valence-corrected chi connectivity index (χ1v) is 9.24. The van der Waals surface area contributed by atoms with Crippen molar-refractivity contribution in [3.05, 3.63) is 64.7 Å². The lowest BCUT2D eigenvalue weighted by Crippen LogP contribution is -2.18. The summed E-state index contributed by atoms with van der Waals surface area (Å²) in [6.45, 7) is 15.0. The molecule has 0 radical (unpaired) electrons. The molecule has 0 saturated carbocycles. The molecular weight excluding hydrogens is 320 g/mol. The first-order valence-electron chi connectivity index (χ1n) is 9.24. The van der Waals surface area contributed by atoms with Crippen molar-refractivity contribution >= 4 is 6.08 Å². The van der Waals surface area contributed by atoms with Crippen molar-refractivity contribution in [2.45, 2.75) is 65.2 Å². The van der Waals surface area contributed by atoms with E-state index in [0.717, 1.165) is 16.7 Å². The second-order valence-electron chi connectivity index (χ2n) is 9.20. The molecule has 0 aromatic heterocycles. The van der Waals surface area contributed by atoms with Gasteiger partial charge in [-0.05, 0) is 51.1 Å². The van der Waals surface area contributed by atoms with E-state index in [0.29, 0.717) is 5.75 Å². The first kappa shape index (κ1) is 20.1. The Kier molecular flexibility index (Phi) is 5.55. The molecule has 2 heteroatoms. The maximum Gasteiger partial charge on any atom is 0.123 e. The van der Waals surface area contributed by atoms with Gasteiger partial charge in [-0.25, -0.2) is 0 Å². The van der Waals surface area contributed by atoms with Gasteiger partial charge in [-0.15, -0.1) is 0 Å². The summed E-state index contributed by atoms with van der Waals surface area (Å²) >= 11 is 0. The quantitative estimate of drug-likeness (QED) is 0.661. The van der Waals surface area contributed by atoms with Crippen LogP contribution in [-0.2, 0) is 10.8 Å². The third-order valence-electron chi connectivity index (χ3n) is 4.74. The predicted octanol–water partition coefficient (Wildman–Crippen LogP) is 6.51. The van der Waals surface area contributed by atoms with Crippen LogP contribution in [0.25, 0.3) is 6.08 Å². The van der Waals surface area contributed by atoms with Crippen LogP contribution in [0.4, 0.5) is 0 Å². The molecule has 2 aromatic rings. The van der Waals surface area contributed by atoms with Crippen LogP contribution in [0.5, 0.6) is 11.5 Å². The van der Waals surface area contributed by atoms with Crippen molar-refractivity contribution in [2.75, 3.05) is 0 Å². The number of aromatic hydroxyl groups is 2. The van der Waals surface area contributed by atoms with E-state index in [1.54, 1.807) is 12.1 Å². The molecule has 0 fully saturated rings. The summed E-state index contributed by atoms with van der Waals surface area (Å²) in [6, 6.07) is 11.5. The van der Waals surface area contributed by atoms with Crippen LogP contribution < -0.4 is 0 Å². The Morgan fingerprint density at radius 2 is 1.27 bits per heavy atom. The minimum Gasteiger partial charge on any atom is -0.508 e. The van der Waals surface area contributed by atoms with Gasteiger partial charge in [0.05, 0.1) is 0 Å². The lowest BCUT2D eigenvalue weighted by molar-refractivity contribution is 0.422. The van der Waals surface area contributed by atoms with Gasteiger partial charge in [-0.3, -0.25) is 0 Å². The molecule has 26 heavy (non-hydrogen) atoms. The van der Waals surface area contributed by atoms with Crippen molar-refractivity contribution in [1.29, 1.82) is 0 Å². The van der Waals surface area contributed by atoms with Crippen LogP contribution in [0.15, 0.2) is 42.5 Å². The molecule has 0 bridgehead atoms. The van der Waals surface area contributed by atoms with Gasteiger partial charge in [0, 0.05) is 0 Å². The van der Waals surface area contributed by atoms with Crippen LogP contribution in [0.1, 0.15) is 76.6 Å². The summed E-state index contributed by atoms with van der Waals surface area (Å²) < 4.78 is 0.